The van der Waals surface area contributed by atoms with E-state index in [0.717, 1.165) is 17.5 Å². The lowest BCUT2D eigenvalue weighted by molar-refractivity contribution is 0.00440. The molecule has 0 amide bonds. The van der Waals surface area contributed by atoms with Crippen LogP contribution in [0.3, 0.4) is 0 Å². The fraction of sp³-hybridized carbons (Fsp3) is 0.458. The Labute approximate surface area is 163 Å². The van der Waals surface area contributed by atoms with Gasteiger partial charge in [-0.3, -0.25) is 0 Å². The molecule has 3 nitrogen and oxygen atoms in total. The lowest BCUT2D eigenvalue weighted by Crippen LogP contribution is -2.20. The zero-order chi connectivity index (χ0) is 19.5. The molecule has 0 heterocycles. The molecule has 1 unspecified atom stereocenters. The van der Waals surface area contributed by atoms with Crippen molar-refractivity contribution >= 4 is 5.97 Å². The molecule has 2 aromatic rings. The average Bonchev–Trinajstić information content (AvgIpc) is 2.70. The number of aryl methyl sites for hydroxylation is 1. The smallest absolute Gasteiger partial charge is 0.338 e. The van der Waals surface area contributed by atoms with E-state index < -0.39 is 0 Å². The van der Waals surface area contributed by atoms with Crippen molar-refractivity contribution in [3.63, 3.8) is 0 Å². The van der Waals surface area contributed by atoms with E-state index in [-0.39, 0.29) is 12.1 Å². The van der Waals surface area contributed by atoms with Crippen LogP contribution in [0.15, 0.2) is 48.5 Å². The third-order valence-corrected chi connectivity index (χ3v) is 4.59. The quantitative estimate of drug-likeness (QED) is 0.357. The standard InChI is InChI=1S/C24H32O3/c1-4-6-7-8-9-20-10-12-21(13-11-20)22-14-16-23(17-15-22)24(25)27-19(3)18-26-5-2/h10-17,19H,4-9,18H2,1-3H3. The third-order valence-electron chi connectivity index (χ3n) is 4.59. The molecule has 2 rings (SSSR count). The summed E-state index contributed by atoms with van der Waals surface area (Å²) >= 11 is 0. The number of rotatable bonds is 11. The Morgan fingerprint density at radius 1 is 0.889 bits per heavy atom. The Morgan fingerprint density at radius 3 is 2.11 bits per heavy atom. The zero-order valence-corrected chi connectivity index (χ0v) is 16.9. The molecule has 0 aromatic heterocycles. The van der Waals surface area contributed by atoms with Crippen molar-refractivity contribution in [2.45, 2.75) is 59.0 Å². The number of ether oxygens (including phenoxy) is 2. The highest BCUT2D eigenvalue weighted by molar-refractivity contribution is 5.90. The highest BCUT2D eigenvalue weighted by Crippen LogP contribution is 2.21. The molecule has 0 saturated heterocycles. The molecule has 1 atom stereocenters. The maximum Gasteiger partial charge on any atom is 0.338 e. The van der Waals surface area contributed by atoms with Crippen LogP contribution in [0.5, 0.6) is 0 Å². The van der Waals surface area contributed by atoms with Gasteiger partial charge in [-0.15, -0.1) is 0 Å². The van der Waals surface area contributed by atoms with Gasteiger partial charge in [0.25, 0.3) is 0 Å². The van der Waals surface area contributed by atoms with Crippen molar-refractivity contribution in [3.05, 3.63) is 59.7 Å². The molecule has 27 heavy (non-hydrogen) atoms. The number of unbranched alkanes of at least 4 members (excludes halogenated alkanes) is 3. The third kappa shape index (κ3) is 7.18. The van der Waals surface area contributed by atoms with Gasteiger partial charge in [0, 0.05) is 6.61 Å². The molecule has 0 aliphatic heterocycles. The minimum absolute atomic E-state index is 0.248. The molecule has 2 aromatic carbocycles. The largest absolute Gasteiger partial charge is 0.457 e. The first kappa shape index (κ1) is 21.2. The average molecular weight is 369 g/mol. The molecule has 3 heteroatoms. The van der Waals surface area contributed by atoms with Crippen molar-refractivity contribution in [2.24, 2.45) is 0 Å². The Bertz CT molecular complexity index is 674. The first-order valence-electron chi connectivity index (χ1n) is 10.1. The predicted octanol–water partition coefficient (Wildman–Crippen LogP) is 6.06. The van der Waals surface area contributed by atoms with E-state index in [4.69, 9.17) is 9.47 Å². The number of esters is 1. The van der Waals surface area contributed by atoms with Crippen molar-refractivity contribution < 1.29 is 14.3 Å². The second-order valence-electron chi connectivity index (χ2n) is 6.96. The van der Waals surface area contributed by atoms with Crippen LogP contribution in [0.4, 0.5) is 0 Å². The minimum atomic E-state index is -0.309. The number of hydrogen-bond donors (Lipinski definition) is 0. The van der Waals surface area contributed by atoms with Gasteiger partial charge in [-0.05, 0) is 55.5 Å². The van der Waals surface area contributed by atoms with Gasteiger partial charge in [0.1, 0.15) is 6.10 Å². The van der Waals surface area contributed by atoms with E-state index in [2.05, 4.69) is 31.2 Å². The Kier molecular flexibility index (Phi) is 9.06. The highest BCUT2D eigenvalue weighted by atomic mass is 16.6. The lowest BCUT2D eigenvalue weighted by Gasteiger charge is -2.13. The summed E-state index contributed by atoms with van der Waals surface area (Å²) in [5, 5.41) is 0. The Morgan fingerprint density at radius 2 is 1.52 bits per heavy atom. The highest BCUT2D eigenvalue weighted by Gasteiger charge is 2.12. The monoisotopic (exact) mass is 368 g/mol. The summed E-state index contributed by atoms with van der Waals surface area (Å²) in [5.74, 6) is -0.309. The molecular formula is C24H32O3. The molecular weight excluding hydrogens is 336 g/mol. The molecule has 0 spiro atoms. The second-order valence-corrected chi connectivity index (χ2v) is 6.96. The van der Waals surface area contributed by atoms with Gasteiger partial charge in [0.15, 0.2) is 0 Å². The summed E-state index contributed by atoms with van der Waals surface area (Å²) in [5.41, 5.74) is 4.22. The molecule has 0 radical (unpaired) electrons. The van der Waals surface area contributed by atoms with E-state index >= 15 is 0 Å². The predicted molar refractivity (Wildman–Crippen MR) is 111 cm³/mol. The van der Waals surface area contributed by atoms with Crippen LogP contribution in [0.1, 0.15) is 62.4 Å². The van der Waals surface area contributed by atoms with Gasteiger partial charge in [-0.2, -0.15) is 0 Å². The van der Waals surface area contributed by atoms with E-state index in [0.29, 0.717) is 18.8 Å². The summed E-state index contributed by atoms with van der Waals surface area (Å²) < 4.78 is 10.7. The second kappa shape index (κ2) is 11.6. The van der Waals surface area contributed by atoms with Crippen molar-refractivity contribution in [1.82, 2.24) is 0 Å². The summed E-state index contributed by atoms with van der Waals surface area (Å²) in [6.45, 7) is 7.04. The Balaban J connectivity index is 1.91. The van der Waals surface area contributed by atoms with Gasteiger partial charge in [0.05, 0.1) is 12.2 Å². The molecule has 0 bridgehead atoms. The molecule has 0 fully saturated rings. The summed E-state index contributed by atoms with van der Waals surface area (Å²) in [6, 6.07) is 16.3. The number of carbonyl (C=O) groups excluding carboxylic acids is 1. The van der Waals surface area contributed by atoms with Crippen LogP contribution in [0, 0.1) is 0 Å². The summed E-state index contributed by atoms with van der Waals surface area (Å²) in [6.07, 6.45) is 6.04. The maximum absolute atomic E-state index is 12.2. The fourth-order valence-electron chi connectivity index (χ4n) is 2.99. The molecule has 146 valence electrons. The summed E-state index contributed by atoms with van der Waals surface area (Å²) in [4.78, 5) is 12.2. The number of hydrogen-bond acceptors (Lipinski definition) is 3. The fourth-order valence-corrected chi connectivity index (χ4v) is 2.99. The minimum Gasteiger partial charge on any atom is -0.457 e. The Hall–Kier alpha value is -2.13. The van der Waals surface area contributed by atoms with Crippen LogP contribution in [0.25, 0.3) is 11.1 Å². The first-order valence-corrected chi connectivity index (χ1v) is 10.1. The van der Waals surface area contributed by atoms with Crippen molar-refractivity contribution in [1.29, 1.82) is 0 Å². The number of carbonyl (C=O) groups is 1. The van der Waals surface area contributed by atoms with E-state index in [1.165, 1.54) is 31.2 Å². The lowest BCUT2D eigenvalue weighted by atomic mass is 10.0. The normalized spacial score (nSPS) is 12.0. The topological polar surface area (TPSA) is 35.5 Å². The van der Waals surface area contributed by atoms with E-state index in [9.17, 15) is 4.79 Å². The SMILES string of the molecule is CCCCCCc1ccc(-c2ccc(C(=O)OC(C)COCC)cc2)cc1. The molecule has 0 saturated carbocycles. The van der Waals surface area contributed by atoms with Gasteiger partial charge in [-0.25, -0.2) is 4.79 Å². The first-order chi connectivity index (χ1) is 13.1. The molecule has 0 aliphatic rings. The van der Waals surface area contributed by atoms with Crippen LogP contribution < -0.4 is 0 Å². The molecule has 0 aliphatic carbocycles. The molecule has 0 N–H and O–H groups in total. The van der Waals surface area contributed by atoms with Crippen LogP contribution in [-0.2, 0) is 15.9 Å². The number of benzene rings is 2. The van der Waals surface area contributed by atoms with Gasteiger partial charge in [-0.1, -0.05) is 62.6 Å². The van der Waals surface area contributed by atoms with Crippen molar-refractivity contribution in [2.75, 3.05) is 13.2 Å². The van der Waals surface area contributed by atoms with E-state index in [1.54, 1.807) is 0 Å². The van der Waals surface area contributed by atoms with Gasteiger partial charge >= 0.3 is 5.97 Å². The summed E-state index contributed by atoms with van der Waals surface area (Å²) in [7, 11) is 0. The van der Waals surface area contributed by atoms with Crippen LogP contribution in [0.2, 0.25) is 0 Å². The van der Waals surface area contributed by atoms with Gasteiger partial charge < -0.3 is 9.47 Å². The zero-order valence-electron chi connectivity index (χ0n) is 16.9. The van der Waals surface area contributed by atoms with Crippen molar-refractivity contribution in [3.8, 4) is 11.1 Å². The maximum atomic E-state index is 12.2. The van der Waals surface area contributed by atoms with E-state index in [1.807, 2.05) is 38.1 Å². The van der Waals surface area contributed by atoms with Crippen LogP contribution >= 0.6 is 0 Å². The van der Waals surface area contributed by atoms with Crippen LogP contribution in [-0.4, -0.2) is 25.3 Å². The van der Waals surface area contributed by atoms with Gasteiger partial charge in [0.2, 0.25) is 0 Å².